The highest BCUT2D eigenvalue weighted by molar-refractivity contribution is 6.30. The number of hydrazone groups is 1. The molecule has 0 radical (unpaired) electrons. The van der Waals surface area contributed by atoms with Gasteiger partial charge >= 0.3 is 0 Å². The highest BCUT2D eigenvalue weighted by Gasteiger charge is 2.35. The number of carbonyl (C=O) groups is 1. The maximum Gasteiger partial charge on any atom is 0.267 e. The van der Waals surface area contributed by atoms with Gasteiger partial charge < -0.3 is 4.42 Å². The summed E-state index contributed by atoms with van der Waals surface area (Å²) < 4.78 is 5.58. The molecule has 160 valence electrons. The zero-order valence-corrected chi connectivity index (χ0v) is 18.0. The van der Waals surface area contributed by atoms with E-state index in [4.69, 9.17) is 16.0 Å². The Morgan fingerprint density at radius 1 is 1.09 bits per heavy atom. The molecular formula is C23H19ClN6O2. The molecule has 32 heavy (non-hydrogen) atoms. The number of aryl methyl sites for hydroxylation is 1. The van der Waals surface area contributed by atoms with Gasteiger partial charge in [0.1, 0.15) is 18.3 Å². The van der Waals surface area contributed by atoms with Gasteiger partial charge in [-0.2, -0.15) is 9.90 Å². The van der Waals surface area contributed by atoms with Crippen LogP contribution in [0.5, 0.6) is 0 Å². The van der Waals surface area contributed by atoms with Crippen LogP contribution in [0.2, 0.25) is 5.02 Å². The van der Waals surface area contributed by atoms with Crippen LogP contribution in [0.15, 0.2) is 76.4 Å². The summed E-state index contributed by atoms with van der Waals surface area (Å²) in [6.45, 7) is 1.92. The summed E-state index contributed by atoms with van der Waals surface area (Å²) in [5.74, 6) is 0.869. The number of aromatic nitrogens is 4. The molecule has 8 nitrogen and oxygen atoms in total. The first-order valence-electron chi connectivity index (χ1n) is 10.1. The second-order valence-electron chi connectivity index (χ2n) is 7.54. The third kappa shape index (κ3) is 4.04. The van der Waals surface area contributed by atoms with E-state index in [1.165, 1.54) is 9.81 Å². The molecule has 1 aliphatic rings. The van der Waals surface area contributed by atoms with Crippen LogP contribution in [0.3, 0.4) is 0 Å². The van der Waals surface area contributed by atoms with E-state index in [0.717, 1.165) is 22.4 Å². The minimum Gasteiger partial charge on any atom is -0.467 e. The topological polar surface area (TPSA) is 89.4 Å². The molecule has 5 rings (SSSR count). The molecule has 0 aliphatic carbocycles. The standard InChI is InChI=1S/C23H19ClN6O2/c1-15-4-6-17(7-5-15)23-25-28-29(27-23)14-22(31)30-20(21-3-2-12-32-21)13-19(26-30)16-8-10-18(24)11-9-16/h2-12,20H,13-14H2,1H3. The highest BCUT2D eigenvalue weighted by atomic mass is 35.5. The fourth-order valence-corrected chi connectivity index (χ4v) is 3.71. The zero-order chi connectivity index (χ0) is 22.1. The first-order chi connectivity index (χ1) is 15.6. The van der Waals surface area contributed by atoms with E-state index in [-0.39, 0.29) is 18.5 Å². The monoisotopic (exact) mass is 446 g/mol. The van der Waals surface area contributed by atoms with E-state index in [0.29, 0.717) is 23.0 Å². The molecule has 1 amide bonds. The SMILES string of the molecule is Cc1ccc(-c2nnn(CC(=O)N3N=C(c4ccc(Cl)cc4)CC3c3ccco3)n2)cc1. The summed E-state index contributed by atoms with van der Waals surface area (Å²) in [5.41, 5.74) is 3.67. The second-order valence-corrected chi connectivity index (χ2v) is 7.97. The van der Waals surface area contributed by atoms with Crippen molar-refractivity contribution in [3.63, 3.8) is 0 Å². The lowest BCUT2D eigenvalue weighted by atomic mass is 10.0. The Morgan fingerprint density at radius 2 is 1.84 bits per heavy atom. The molecule has 0 saturated heterocycles. The smallest absolute Gasteiger partial charge is 0.267 e. The van der Waals surface area contributed by atoms with Crippen LogP contribution < -0.4 is 0 Å². The van der Waals surface area contributed by atoms with Crippen molar-refractivity contribution in [2.75, 3.05) is 0 Å². The van der Waals surface area contributed by atoms with E-state index in [1.807, 2.05) is 49.4 Å². The lowest BCUT2D eigenvalue weighted by Gasteiger charge is -2.19. The number of hydrogen-bond acceptors (Lipinski definition) is 6. The summed E-state index contributed by atoms with van der Waals surface area (Å²) in [6.07, 6.45) is 2.12. The summed E-state index contributed by atoms with van der Waals surface area (Å²) >= 11 is 6.01. The Morgan fingerprint density at radius 3 is 2.56 bits per heavy atom. The molecule has 2 aromatic carbocycles. The molecule has 0 saturated carbocycles. The van der Waals surface area contributed by atoms with E-state index < -0.39 is 0 Å². The van der Waals surface area contributed by atoms with Crippen LogP contribution in [0.1, 0.15) is 29.3 Å². The van der Waals surface area contributed by atoms with Gasteiger partial charge in [0, 0.05) is 17.0 Å². The van der Waals surface area contributed by atoms with Gasteiger partial charge in [-0.15, -0.1) is 10.2 Å². The largest absolute Gasteiger partial charge is 0.467 e. The molecule has 2 aromatic heterocycles. The first-order valence-corrected chi connectivity index (χ1v) is 10.5. The Hall–Kier alpha value is -3.78. The van der Waals surface area contributed by atoms with Gasteiger partial charge in [0.2, 0.25) is 5.82 Å². The van der Waals surface area contributed by atoms with Crippen LogP contribution in [-0.4, -0.2) is 36.8 Å². The Balaban J connectivity index is 1.39. The summed E-state index contributed by atoms with van der Waals surface area (Å²) in [4.78, 5) is 14.5. The lowest BCUT2D eigenvalue weighted by Crippen LogP contribution is -2.31. The van der Waals surface area contributed by atoms with Gasteiger partial charge in [0.05, 0.1) is 12.0 Å². The summed E-state index contributed by atoms with van der Waals surface area (Å²) in [6, 6.07) is 18.5. The predicted octanol–water partition coefficient (Wildman–Crippen LogP) is 4.27. The molecule has 1 aliphatic heterocycles. The van der Waals surface area contributed by atoms with Crippen molar-refractivity contribution in [1.82, 2.24) is 25.2 Å². The molecule has 3 heterocycles. The highest BCUT2D eigenvalue weighted by Crippen LogP contribution is 2.33. The third-order valence-corrected chi connectivity index (χ3v) is 5.51. The normalized spacial score (nSPS) is 15.8. The molecule has 1 atom stereocenters. The van der Waals surface area contributed by atoms with Gasteiger partial charge in [-0.1, -0.05) is 53.6 Å². The van der Waals surface area contributed by atoms with Crippen molar-refractivity contribution < 1.29 is 9.21 Å². The number of carbonyl (C=O) groups excluding carboxylic acids is 1. The van der Waals surface area contributed by atoms with Crippen molar-refractivity contribution in [2.45, 2.75) is 25.9 Å². The number of nitrogens with zero attached hydrogens (tertiary/aromatic N) is 6. The van der Waals surface area contributed by atoms with Crippen molar-refractivity contribution >= 4 is 23.2 Å². The fourth-order valence-electron chi connectivity index (χ4n) is 3.58. The van der Waals surface area contributed by atoms with Gasteiger partial charge in [0.25, 0.3) is 5.91 Å². The molecule has 4 aromatic rings. The second kappa shape index (κ2) is 8.39. The molecule has 0 N–H and O–H groups in total. The number of benzene rings is 2. The third-order valence-electron chi connectivity index (χ3n) is 5.25. The number of amides is 1. The number of halogens is 1. The first kappa shape index (κ1) is 20.1. The number of tetrazole rings is 1. The van der Waals surface area contributed by atoms with E-state index in [9.17, 15) is 4.79 Å². The van der Waals surface area contributed by atoms with Crippen molar-refractivity contribution in [3.05, 3.63) is 88.8 Å². The Kier molecular flexibility index (Phi) is 5.28. The minimum atomic E-state index is -0.344. The maximum atomic E-state index is 13.2. The van der Waals surface area contributed by atoms with Crippen molar-refractivity contribution in [3.8, 4) is 11.4 Å². The van der Waals surface area contributed by atoms with Gasteiger partial charge in [0.15, 0.2) is 0 Å². The lowest BCUT2D eigenvalue weighted by molar-refractivity contribution is -0.134. The van der Waals surface area contributed by atoms with Gasteiger partial charge in [-0.3, -0.25) is 4.79 Å². The van der Waals surface area contributed by atoms with Crippen molar-refractivity contribution in [1.29, 1.82) is 0 Å². The van der Waals surface area contributed by atoms with E-state index in [1.54, 1.807) is 24.5 Å². The van der Waals surface area contributed by atoms with E-state index >= 15 is 0 Å². The number of hydrogen-bond donors (Lipinski definition) is 0. The average Bonchev–Trinajstić information content (AvgIpc) is 3.55. The van der Waals surface area contributed by atoms with Crippen LogP contribution in [0.25, 0.3) is 11.4 Å². The number of furan rings is 1. The van der Waals surface area contributed by atoms with Crippen LogP contribution in [0.4, 0.5) is 0 Å². The molecule has 0 bridgehead atoms. The maximum absolute atomic E-state index is 13.2. The van der Waals surface area contributed by atoms with Crippen LogP contribution >= 0.6 is 11.6 Å². The Labute approximate surface area is 189 Å². The molecule has 0 spiro atoms. The van der Waals surface area contributed by atoms with Crippen LogP contribution in [0, 0.1) is 6.92 Å². The molecule has 0 fully saturated rings. The number of rotatable bonds is 5. The average molecular weight is 447 g/mol. The van der Waals surface area contributed by atoms with Gasteiger partial charge in [-0.25, -0.2) is 5.01 Å². The minimum absolute atomic E-state index is 0.0898. The quantitative estimate of drug-likeness (QED) is 0.456. The van der Waals surface area contributed by atoms with E-state index in [2.05, 4.69) is 20.5 Å². The predicted molar refractivity (Wildman–Crippen MR) is 119 cm³/mol. The Bertz CT molecular complexity index is 1260. The molecular weight excluding hydrogens is 428 g/mol. The van der Waals surface area contributed by atoms with Crippen molar-refractivity contribution in [2.24, 2.45) is 5.10 Å². The molecule has 1 unspecified atom stereocenters. The van der Waals surface area contributed by atoms with Crippen LogP contribution in [-0.2, 0) is 11.3 Å². The fraction of sp³-hybridized carbons (Fsp3) is 0.174. The summed E-state index contributed by atoms with van der Waals surface area (Å²) in [7, 11) is 0. The molecule has 9 heteroatoms. The van der Waals surface area contributed by atoms with Gasteiger partial charge in [-0.05, 0) is 42.0 Å². The zero-order valence-electron chi connectivity index (χ0n) is 17.2. The summed E-state index contributed by atoms with van der Waals surface area (Å²) in [5, 5.41) is 19.2.